The molecule has 0 bridgehead atoms. The van der Waals surface area contributed by atoms with E-state index >= 15 is 0 Å². The van der Waals surface area contributed by atoms with Gasteiger partial charge in [0.05, 0.1) is 36.5 Å². The third kappa shape index (κ3) is 4.22. The minimum absolute atomic E-state index is 0.182. The van der Waals surface area contributed by atoms with Crippen LogP contribution in [0.15, 0.2) is 48.5 Å². The first-order valence-corrected chi connectivity index (χ1v) is 10.3. The molecule has 0 unspecified atom stereocenters. The normalized spacial score (nSPS) is 12.8. The molecular weight excluding hydrogens is 455 g/mol. The number of fused-ring (bicyclic) bond motifs is 1. The van der Waals surface area contributed by atoms with E-state index in [1.807, 2.05) is 6.07 Å². The lowest BCUT2D eigenvalue weighted by Crippen LogP contribution is -2.42. The standard InChI is InChI=1S/C23H18Cl2N2O5/c1-30-19-7-4-13(10-21(19)31-2)17-6-8-20-23(26-17)27(22(29)12-32-20)11-18(28)14-3-5-15(24)16(25)9-14/h3-10H,11-12H2,1-2H3. The molecule has 1 aliphatic rings. The van der Waals surface area contributed by atoms with Crippen molar-refractivity contribution in [1.82, 2.24) is 4.98 Å². The number of ketones is 1. The summed E-state index contributed by atoms with van der Waals surface area (Å²) < 4.78 is 16.2. The number of ether oxygens (including phenoxy) is 3. The van der Waals surface area contributed by atoms with Gasteiger partial charge in [-0.3, -0.25) is 14.5 Å². The Hall–Kier alpha value is -3.29. The van der Waals surface area contributed by atoms with E-state index in [0.717, 1.165) is 5.56 Å². The minimum Gasteiger partial charge on any atom is -0.493 e. The molecular formula is C23H18Cl2N2O5. The van der Waals surface area contributed by atoms with Crippen LogP contribution >= 0.6 is 23.2 Å². The zero-order valence-corrected chi connectivity index (χ0v) is 18.7. The number of halogens is 2. The number of Topliss-reactive ketones (excluding diaryl/α,β-unsaturated/α-hetero) is 1. The first-order valence-electron chi connectivity index (χ1n) is 9.56. The van der Waals surface area contributed by atoms with Gasteiger partial charge in [0.25, 0.3) is 5.91 Å². The number of hydrogen-bond donors (Lipinski definition) is 0. The Morgan fingerprint density at radius 1 is 1.03 bits per heavy atom. The molecule has 0 spiro atoms. The third-order valence-electron chi connectivity index (χ3n) is 4.97. The van der Waals surface area contributed by atoms with Crippen molar-refractivity contribution in [2.45, 2.75) is 0 Å². The molecule has 3 aromatic rings. The number of rotatable bonds is 6. The van der Waals surface area contributed by atoms with E-state index in [1.165, 1.54) is 11.0 Å². The highest BCUT2D eigenvalue weighted by Gasteiger charge is 2.29. The fourth-order valence-corrected chi connectivity index (χ4v) is 3.60. The molecule has 2 heterocycles. The van der Waals surface area contributed by atoms with Crippen LogP contribution in [0, 0.1) is 0 Å². The minimum atomic E-state index is -0.372. The van der Waals surface area contributed by atoms with E-state index in [1.54, 1.807) is 50.6 Å². The van der Waals surface area contributed by atoms with Crippen LogP contribution in [0.1, 0.15) is 10.4 Å². The van der Waals surface area contributed by atoms with E-state index in [2.05, 4.69) is 4.98 Å². The van der Waals surface area contributed by atoms with Crippen LogP contribution in [0.3, 0.4) is 0 Å². The van der Waals surface area contributed by atoms with Gasteiger partial charge in [-0.05, 0) is 48.5 Å². The quantitative estimate of drug-likeness (QED) is 0.484. The summed E-state index contributed by atoms with van der Waals surface area (Å²) in [5, 5.41) is 0.609. The van der Waals surface area contributed by atoms with Gasteiger partial charge in [-0.15, -0.1) is 0 Å². The number of benzene rings is 2. The molecule has 9 heteroatoms. The highest BCUT2D eigenvalue weighted by molar-refractivity contribution is 6.42. The Labute approximate surface area is 194 Å². The van der Waals surface area contributed by atoms with Crippen LogP contribution in [-0.2, 0) is 4.79 Å². The van der Waals surface area contributed by atoms with Gasteiger partial charge in [-0.25, -0.2) is 4.98 Å². The van der Waals surface area contributed by atoms with Crippen LogP contribution in [0.25, 0.3) is 11.3 Å². The zero-order valence-electron chi connectivity index (χ0n) is 17.2. The zero-order chi connectivity index (χ0) is 22.8. The molecule has 1 aliphatic heterocycles. The maximum Gasteiger partial charge on any atom is 0.266 e. The number of carbonyl (C=O) groups excluding carboxylic acids is 2. The number of amides is 1. The van der Waals surface area contributed by atoms with Crippen LogP contribution in [0.4, 0.5) is 5.82 Å². The number of carbonyl (C=O) groups is 2. The van der Waals surface area contributed by atoms with E-state index in [4.69, 9.17) is 37.4 Å². The Morgan fingerprint density at radius 2 is 1.81 bits per heavy atom. The lowest BCUT2D eigenvalue weighted by Gasteiger charge is -2.28. The monoisotopic (exact) mass is 472 g/mol. The maximum atomic E-state index is 12.8. The second-order valence-corrected chi connectivity index (χ2v) is 7.72. The van der Waals surface area contributed by atoms with Gasteiger partial charge < -0.3 is 14.2 Å². The smallest absolute Gasteiger partial charge is 0.266 e. The molecule has 2 aromatic carbocycles. The number of anilines is 1. The molecule has 1 aromatic heterocycles. The predicted molar refractivity (Wildman–Crippen MR) is 121 cm³/mol. The van der Waals surface area contributed by atoms with E-state index in [0.29, 0.717) is 33.5 Å². The highest BCUT2D eigenvalue weighted by atomic mass is 35.5. The van der Waals surface area contributed by atoms with Crippen LogP contribution in [-0.4, -0.2) is 44.0 Å². The molecule has 0 aliphatic carbocycles. The molecule has 164 valence electrons. The summed E-state index contributed by atoms with van der Waals surface area (Å²) in [6.07, 6.45) is 0. The summed E-state index contributed by atoms with van der Waals surface area (Å²) in [4.78, 5) is 31.4. The molecule has 0 radical (unpaired) electrons. The van der Waals surface area contributed by atoms with Crippen molar-refractivity contribution in [3.05, 3.63) is 64.1 Å². The molecule has 0 saturated carbocycles. The van der Waals surface area contributed by atoms with Gasteiger partial charge >= 0.3 is 0 Å². The number of methoxy groups -OCH3 is 2. The second kappa shape index (κ2) is 9.06. The number of hydrogen-bond acceptors (Lipinski definition) is 6. The predicted octanol–water partition coefficient (Wildman–Crippen LogP) is 4.68. The molecule has 0 atom stereocenters. The lowest BCUT2D eigenvalue weighted by atomic mass is 10.1. The summed E-state index contributed by atoms with van der Waals surface area (Å²) in [7, 11) is 3.10. The summed E-state index contributed by atoms with van der Waals surface area (Å²) in [5.41, 5.74) is 1.67. The van der Waals surface area contributed by atoms with Gasteiger partial charge in [-0.2, -0.15) is 0 Å². The van der Waals surface area contributed by atoms with Gasteiger partial charge in [-0.1, -0.05) is 23.2 Å². The van der Waals surface area contributed by atoms with Gasteiger partial charge in [0.1, 0.15) is 0 Å². The number of nitrogens with zero attached hydrogens (tertiary/aromatic N) is 2. The van der Waals surface area contributed by atoms with Gasteiger partial charge in [0.15, 0.2) is 35.5 Å². The largest absolute Gasteiger partial charge is 0.493 e. The average molecular weight is 473 g/mol. The summed E-state index contributed by atoms with van der Waals surface area (Å²) in [6.45, 7) is -0.394. The number of pyridine rings is 1. The Kier molecular flexibility index (Phi) is 6.21. The second-order valence-electron chi connectivity index (χ2n) is 6.91. The van der Waals surface area contributed by atoms with Gasteiger partial charge in [0, 0.05) is 11.1 Å². The van der Waals surface area contributed by atoms with Crippen LogP contribution in [0.5, 0.6) is 17.2 Å². The highest BCUT2D eigenvalue weighted by Crippen LogP contribution is 2.36. The van der Waals surface area contributed by atoms with Crippen molar-refractivity contribution < 1.29 is 23.8 Å². The van der Waals surface area contributed by atoms with E-state index in [-0.39, 0.29) is 35.7 Å². The van der Waals surface area contributed by atoms with Crippen molar-refractivity contribution in [2.75, 3.05) is 32.3 Å². The fourth-order valence-electron chi connectivity index (χ4n) is 3.30. The summed E-state index contributed by atoms with van der Waals surface area (Å²) >= 11 is 12.0. The van der Waals surface area contributed by atoms with Crippen LogP contribution in [0.2, 0.25) is 10.0 Å². The molecule has 1 amide bonds. The van der Waals surface area contributed by atoms with Crippen LogP contribution < -0.4 is 19.1 Å². The summed E-state index contributed by atoms with van der Waals surface area (Å²) in [6, 6.07) is 13.5. The number of aromatic nitrogens is 1. The topological polar surface area (TPSA) is 78.0 Å². The Bertz CT molecular complexity index is 1210. The van der Waals surface area contributed by atoms with Crippen molar-refractivity contribution >= 4 is 40.7 Å². The SMILES string of the molecule is COc1ccc(-c2ccc3c(n2)N(CC(=O)c2ccc(Cl)c(Cl)c2)C(=O)CO3)cc1OC. The summed E-state index contributed by atoms with van der Waals surface area (Å²) in [5.74, 6) is 1.13. The fraction of sp³-hybridized carbons (Fsp3) is 0.174. The first kappa shape index (κ1) is 21.9. The Morgan fingerprint density at radius 3 is 2.53 bits per heavy atom. The van der Waals surface area contributed by atoms with Gasteiger partial charge in [0.2, 0.25) is 0 Å². The molecule has 4 rings (SSSR count). The maximum absolute atomic E-state index is 12.8. The van der Waals surface area contributed by atoms with Crippen molar-refractivity contribution in [3.63, 3.8) is 0 Å². The van der Waals surface area contributed by atoms with Crippen molar-refractivity contribution in [2.24, 2.45) is 0 Å². The van der Waals surface area contributed by atoms with Crippen molar-refractivity contribution in [1.29, 1.82) is 0 Å². The molecule has 0 N–H and O–H groups in total. The third-order valence-corrected chi connectivity index (χ3v) is 5.71. The molecule has 0 saturated heterocycles. The first-order chi connectivity index (χ1) is 15.4. The lowest BCUT2D eigenvalue weighted by molar-refractivity contribution is -0.121. The average Bonchev–Trinajstić information content (AvgIpc) is 2.81. The molecule has 0 fully saturated rings. The van der Waals surface area contributed by atoms with E-state index in [9.17, 15) is 9.59 Å². The van der Waals surface area contributed by atoms with Crippen molar-refractivity contribution in [3.8, 4) is 28.5 Å². The van der Waals surface area contributed by atoms with E-state index < -0.39 is 0 Å². The molecule has 32 heavy (non-hydrogen) atoms. The molecule has 7 nitrogen and oxygen atoms in total. The Balaban J connectivity index is 1.68.